The number of hydrogen-bond donors (Lipinski definition) is 0. The molecule has 0 nitrogen and oxygen atoms in total. The zero-order valence-electron chi connectivity index (χ0n) is 6.97. The predicted octanol–water partition coefficient (Wildman–Crippen LogP) is 3.68. The first kappa shape index (κ1) is 8.53. The molecule has 0 spiro atoms. The second-order valence-electron chi connectivity index (χ2n) is 3.20. The van der Waals surface area contributed by atoms with Crippen LogP contribution in [0, 0.1) is 0 Å². The number of rotatable bonds is 6. The second kappa shape index (κ2) is 5.13. The molecule has 1 fully saturated rings. The lowest BCUT2D eigenvalue weighted by atomic mass is 10.2. The molecule has 0 aromatic carbocycles. The zero-order valence-corrected chi connectivity index (χ0v) is 7.87. The highest BCUT2D eigenvalue weighted by molar-refractivity contribution is 7.39. The second-order valence-corrected chi connectivity index (χ2v) is 4.74. The Bertz CT molecular complexity index is 76.8. The Morgan fingerprint density at radius 1 is 1.20 bits per heavy atom. The molecule has 1 radical (unpaired) electrons. The third-order valence-electron chi connectivity index (χ3n) is 1.95. The van der Waals surface area contributed by atoms with Crippen molar-refractivity contribution in [3.8, 4) is 0 Å². The maximum Gasteiger partial charge on any atom is -0.0170 e. The van der Waals surface area contributed by atoms with Crippen molar-refractivity contribution in [2.45, 2.75) is 51.1 Å². The predicted molar refractivity (Wildman–Crippen MR) is 49.0 cm³/mol. The highest BCUT2D eigenvalue weighted by Crippen LogP contribution is 2.39. The van der Waals surface area contributed by atoms with Gasteiger partial charge in [0.1, 0.15) is 0 Å². The summed E-state index contributed by atoms with van der Waals surface area (Å²) < 4.78 is 0. The smallest absolute Gasteiger partial charge is 0.0170 e. The lowest BCUT2D eigenvalue weighted by molar-refractivity contribution is 0.705. The van der Waals surface area contributed by atoms with Gasteiger partial charge in [0.05, 0.1) is 0 Å². The van der Waals surface area contributed by atoms with Gasteiger partial charge in [-0.1, -0.05) is 34.8 Å². The van der Waals surface area contributed by atoms with E-state index in [-0.39, 0.29) is 0 Å². The van der Waals surface area contributed by atoms with Crippen molar-refractivity contribution in [3.05, 3.63) is 0 Å². The minimum atomic E-state index is 1.13. The molecule has 1 rings (SSSR count). The Morgan fingerprint density at radius 2 is 2.00 bits per heavy atom. The lowest BCUT2D eigenvalue weighted by Gasteiger charge is -1.96. The van der Waals surface area contributed by atoms with E-state index in [1.807, 2.05) is 0 Å². The molecule has 0 bridgehead atoms. The maximum atomic E-state index is 2.28. The van der Waals surface area contributed by atoms with Crippen LogP contribution >= 0.6 is 8.58 Å². The Labute approximate surface area is 66.6 Å². The van der Waals surface area contributed by atoms with Gasteiger partial charge >= 0.3 is 0 Å². The van der Waals surface area contributed by atoms with E-state index in [9.17, 15) is 0 Å². The molecule has 0 aliphatic heterocycles. The van der Waals surface area contributed by atoms with Crippen molar-refractivity contribution < 1.29 is 0 Å². The molecule has 1 saturated carbocycles. The topological polar surface area (TPSA) is 0 Å². The molecule has 1 heteroatoms. The minimum absolute atomic E-state index is 1.13. The summed E-state index contributed by atoms with van der Waals surface area (Å²) in [6, 6.07) is 0. The zero-order chi connectivity index (χ0) is 7.23. The standard InChI is InChI=1S/C9H18P/c1-2-3-4-5-8-10-9-6-7-9/h9H,2-8H2,1H3. The van der Waals surface area contributed by atoms with Gasteiger partial charge in [-0.25, -0.2) is 0 Å². The van der Waals surface area contributed by atoms with Crippen molar-refractivity contribution in [1.82, 2.24) is 0 Å². The van der Waals surface area contributed by atoms with Crippen LogP contribution in [0.1, 0.15) is 45.4 Å². The molecule has 0 atom stereocenters. The molecule has 0 aromatic heterocycles. The number of hydrogen-bond acceptors (Lipinski definition) is 0. The van der Waals surface area contributed by atoms with Gasteiger partial charge in [-0.3, -0.25) is 0 Å². The average molecular weight is 157 g/mol. The van der Waals surface area contributed by atoms with Gasteiger partial charge in [0.25, 0.3) is 0 Å². The summed E-state index contributed by atoms with van der Waals surface area (Å²) in [6.45, 7) is 2.28. The fourth-order valence-corrected chi connectivity index (χ4v) is 2.36. The molecule has 59 valence electrons. The Kier molecular flexibility index (Phi) is 4.37. The van der Waals surface area contributed by atoms with E-state index in [2.05, 4.69) is 6.92 Å². The van der Waals surface area contributed by atoms with Gasteiger partial charge in [-0.2, -0.15) is 0 Å². The molecule has 0 N–H and O–H groups in total. The molecule has 0 heterocycles. The maximum absolute atomic E-state index is 2.28. The summed E-state index contributed by atoms with van der Waals surface area (Å²) >= 11 is 0. The summed E-state index contributed by atoms with van der Waals surface area (Å²) in [5.41, 5.74) is 1.13. The van der Waals surface area contributed by atoms with E-state index in [1.54, 1.807) is 8.58 Å². The van der Waals surface area contributed by atoms with Crippen LogP contribution in [0.15, 0.2) is 0 Å². The molecular weight excluding hydrogens is 139 g/mol. The van der Waals surface area contributed by atoms with Crippen LogP contribution in [0.5, 0.6) is 0 Å². The van der Waals surface area contributed by atoms with Crippen molar-refractivity contribution in [1.29, 1.82) is 0 Å². The average Bonchev–Trinajstić information content (AvgIpc) is 2.71. The SMILES string of the molecule is CCCCCC[P]C1CC1. The van der Waals surface area contributed by atoms with Crippen LogP contribution < -0.4 is 0 Å². The van der Waals surface area contributed by atoms with Gasteiger partial charge in [0.2, 0.25) is 0 Å². The van der Waals surface area contributed by atoms with Crippen LogP contribution in [-0.4, -0.2) is 11.8 Å². The van der Waals surface area contributed by atoms with E-state index >= 15 is 0 Å². The van der Waals surface area contributed by atoms with Gasteiger partial charge in [-0.05, 0) is 31.1 Å². The monoisotopic (exact) mass is 157 g/mol. The van der Waals surface area contributed by atoms with E-state index in [0.717, 1.165) is 5.66 Å². The summed E-state index contributed by atoms with van der Waals surface area (Å²) in [5.74, 6) is 0. The quantitative estimate of drug-likeness (QED) is 0.407. The summed E-state index contributed by atoms with van der Waals surface area (Å²) in [5, 5.41) is 0. The summed E-state index contributed by atoms with van der Waals surface area (Å²) in [6.07, 6.45) is 10.3. The summed E-state index contributed by atoms with van der Waals surface area (Å²) in [7, 11) is 1.75. The molecule has 0 saturated heterocycles. The molecule has 10 heavy (non-hydrogen) atoms. The van der Waals surface area contributed by atoms with Gasteiger partial charge < -0.3 is 0 Å². The largest absolute Gasteiger partial charge is 0.0775 e. The van der Waals surface area contributed by atoms with Crippen LogP contribution in [-0.2, 0) is 0 Å². The van der Waals surface area contributed by atoms with E-state index < -0.39 is 0 Å². The van der Waals surface area contributed by atoms with Gasteiger partial charge in [0.15, 0.2) is 0 Å². The minimum Gasteiger partial charge on any atom is -0.0775 e. The molecular formula is C9H18P. The van der Waals surface area contributed by atoms with E-state index in [1.165, 1.54) is 44.7 Å². The highest BCUT2D eigenvalue weighted by atomic mass is 31.1. The van der Waals surface area contributed by atoms with Crippen LogP contribution in [0.25, 0.3) is 0 Å². The first-order valence-electron chi connectivity index (χ1n) is 4.60. The van der Waals surface area contributed by atoms with Gasteiger partial charge in [-0.15, -0.1) is 0 Å². The summed E-state index contributed by atoms with van der Waals surface area (Å²) in [4.78, 5) is 0. The third-order valence-corrected chi connectivity index (χ3v) is 3.55. The van der Waals surface area contributed by atoms with Crippen molar-refractivity contribution in [2.75, 3.05) is 6.16 Å². The first-order valence-corrected chi connectivity index (χ1v) is 5.75. The van der Waals surface area contributed by atoms with Crippen LogP contribution in [0.4, 0.5) is 0 Å². The molecule has 0 unspecified atom stereocenters. The Morgan fingerprint density at radius 3 is 2.60 bits per heavy atom. The molecule has 1 aliphatic rings. The fraction of sp³-hybridized carbons (Fsp3) is 1.00. The Balaban J connectivity index is 1.68. The van der Waals surface area contributed by atoms with Crippen molar-refractivity contribution in [3.63, 3.8) is 0 Å². The molecule has 0 amide bonds. The normalized spacial score (nSPS) is 18.9. The third kappa shape index (κ3) is 4.28. The van der Waals surface area contributed by atoms with Crippen LogP contribution in [0.3, 0.4) is 0 Å². The highest BCUT2D eigenvalue weighted by Gasteiger charge is 2.20. The fourth-order valence-electron chi connectivity index (χ4n) is 1.07. The van der Waals surface area contributed by atoms with Crippen molar-refractivity contribution in [2.24, 2.45) is 0 Å². The first-order chi connectivity index (χ1) is 4.93. The van der Waals surface area contributed by atoms with Crippen molar-refractivity contribution >= 4 is 8.58 Å². The Hall–Kier alpha value is 0.430. The van der Waals surface area contributed by atoms with E-state index in [0.29, 0.717) is 0 Å². The molecule has 0 aromatic rings. The lowest BCUT2D eigenvalue weighted by Crippen LogP contribution is -1.79. The molecule has 1 aliphatic carbocycles. The van der Waals surface area contributed by atoms with Crippen LogP contribution in [0.2, 0.25) is 0 Å². The number of unbranched alkanes of at least 4 members (excludes halogenated alkanes) is 3. The van der Waals surface area contributed by atoms with E-state index in [4.69, 9.17) is 0 Å². The van der Waals surface area contributed by atoms with Gasteiger partial charge in [0, 0.05) is 0 Å².